The normalized spacial score (nSPS) is 11.3. The van der Waals surface area contributed by atoms with Gasteiger partial charge in [-0.05, 0) is 36.1 Å². The van der Waals surface area contributed by atoms with Crippen LogP contribution in [0.1, 0.15) is 45.4 Å². The molecule has 0 radical (unpaired) electrons. The summed E-state index contributed by atoms with van der Waals surface area (Å²) < 4.78 is 7.26. The van der Waals surface area contributed by atoms with Crippen LogP contribution in [0.2, 0.25) is 5.02 Å². The first-order valence-corrected chi connectivity index (χ1v) is 12.0. The highest BCUT2D eigenvalue weighted by molar-refractivity contribution is 6.31. The lowest BCUT2D eigenvalue weighted by molar-refractivity contribution is -0.143. The van der Waals surface area contributed by atoms with Gasteiger partial charge >= 0.3 is 0 Å². The molecule has 0 saturated carbocycles. The van der Waals surface area contributed by atoms with Crippen LogP contribution in [0.15, 0.2) is 42.6 Å². The number of methoxy groups -OCH3 is 1. The molecule has 0 aliphatic heterocycles. The Bertz CT molecular complexity index is 894. The second-order valence-corrected chi connectivity index (χ2v) is 9.55. The molecule has 0 fully saturated rings. The largest absolute Gasteiger partial charge is 0.385 e. The second-order valence-electron chi connectivity index (χ2n) is 9.15. The van der Waals surface area contributed by atoms with Crippen molar-refractivity contribution in [3.63, 3.8) is 0 Å². The van der Waals surface area contributed by atoms with Gasteiger partial charge < -0.3 is 19.1 Å². The van der Waals surface area contributed by atoms with E-state index in [0.717, 1.165) is 16.3 Å². The molecule has 2 amide bonds. The predicted molar refractivity (Wildman–Crippen MR) is 133 cm³/mol. The van der Waals surface area contributed by atoms with Crippen LogP contribution in [-0.4, -0.2) is 59.5 Å². The summed E-state index contributed by atoms with van der Waals surface area (Å²) in [6.07, 6.45) is 2.71. The van der Waals surface area contributed by atoms with Crippen molar-refractivity contribution in [2.24, 2.45) is 11.8 Å². The van der Waals surface area contributed by atoms with Gasteiger partial charge in [0.25, 0.3) is 0 Å². The third-order valence-electron chi connectivity index (χ3n) is 5.42. The SMILES string of the molecule is COCCCN(CC(=O)N(Cc1cccn1Cc1ccccc1Cl)CC(C)C)C(=O)C(C)C. The monoisotopic (exact) mass is 475 g/mol. The smallest absolute Gasteiger partial charge is 0.242 e. The molecule has 1 heterocycles. The summed E-state index contributed by atoms with van der Waals surface area (Å²) in [5.74, 6) is 0.0991. The summed E-state index contributed by atoms with van der Waals surface area (Å²) in [4.78, 5) is 29.6. The Balaban J connectivity index is 2.17. The van der Waals surface area contributed by atoms with Crippen LogP contribution in [0.5, 0.6) is 0 Å². The molecule has 0 spiro atoms. The van der Waals surface area contributed by atoms with E-state index in [-0.39, 0.29) is 24.3 Å². The molecular formula is C26H38ClN3O3. The Hall–Kier alpha value is -2.31. The number of carbonyl (C=O) groups excluding carboxylic acids is 2. The van der Waals surface area contributed by atoms with Crippen LogP contribution in [0.3, 0.4) is 0 Å². The molecule has 2 aromatic rings. The third-order valence-corrected chi connectivity index (χ3v) is 5.79. The van der Waals surface area contributed by atoms with Crippen LogP contribution in [-0.2, 0) is 27.4 Å². The maximum absolute atomic E-state index is 13.4. The van der Waals surface area contributed by atoms with Crippen molar-refractivity contribution < 1.29 is 14.3 Å². The van der Waals surface area contributed by atoms with Gasteiger partial charge in [-0.15, -0.1) is 0 Å². The van der Waals surface area contributed by atoms with Gasteiger partial charge in [0.1, 0.15) is 0 Å². The van der Waals surface area contributed by atoms with E-state index in [2.05, 4.69) is 18.4 Å². The minimum absolute atomic E-state index is 0.00829. The number of ether oxygens (including phenoxy) is 1. The van der Waals surface area contributed by atoms with Crippen molar-refractivity contribution >= 4 is 23.4 Å². The first kappa shape index (κ1) is 26.9. The molecule has 182 valence electrons. The summed E-state index contributed by atoms with van der Waals surface area (Å²) >= 11 is 6.36. The molecular weight excluding hydrogens is 438 g/mol. The van der Waals surface area contributed by atoms with Crippen LogP contribution in [0.25, 0.3) is 0 Å². The van der Waals surface area contributed by atoms with Gasteiger partial charge in [0.2, 0.25) is 11.8 Å². The summed E-state index contributed by atoms with van der Waals surface area (Å²) in [5.41, 5.74) is 2.07. The molecule has 0 N–H and O–H groups in total. The Labute approximate surface area is 203 Å². The quantitative estimate of drug-likeness (QED) is 0.395. The van der Waals surface area contributed by atoms with Crippen LogP contribution in [0.4, 0.5) is 0 Å². The van der Waals surface area contributed by atoms with Crippen LogP contribution >= 0.6 is 11.6 Å². The summed E-state index contributed by atoms with van der Waals surface area (Å²) in [5, 5.41) is 0.728. The number of carbonyl (C=O) groups is 2. The molecule has 7 heteroatoms. The van der Waals surface area contributed by atoms with Gasteiger partial charge in [-0.1, -0.05) is 57.5 Å². The molecule has 0 atom stereocenters. The summed E-state index contributed by atoms with van der Waals surface area (Å²) in [6.45, 7) is 10.8. The maximum atomic E-state index is 13.4. The molecule has 0 aliphatic rings. The highest BCUT2D eigenvalue weighted by Gasteiger charge is 2.24. The molecule has 6 nitrogen and oxygen atoms in total. The summed E-state index contributed by atoms with van der Waals surface area (Å²) in [7, 11) is 1.64. The van der Waals surface area contributed by atoms with E-state index in [0.29, 0.717) is 45.1 Å². The van der Waals surface area contributed by atoms with Crippen molar-refractivity contribution in [2.45, 2.75) is 47.2 Å². The molecule has 1 aromatic heterocycles. The van der Waals surface area contributed by atoms with Gasteiger partial charge in [-0.25, -0.2) is 0 Å². The maximum Gasteiger partial charge on any atom is 0.242 e. The van der Waals surface area contributed by atoms with E-state index < -0.39 is 0 Å². The van der Waals surface area contributed by atoms with E-state index in [1.54, 1.807) is 12.0 Å². The van der Waals surface area contributed by atoms with Gasteiger partial charge in [0.05, 0.1) is 13.1 Å². The first-order valence-electron chi connectivity index (χ1n) is 11.7. The topological polar surface area (TPSA) is 54.8 Å². The number of amides is 2. The van der Waals surface area contributed by atoms with Crippen molar-refractivity contribution in [1.29, 1.82) is 0 Å². The first-order chi connectivity index (χ1) is 15.7. The number of nitrogens with zero attached hydrogens (tertiary/aromatic N) is 3. The van der Waals surface area contributed by atoms with E-state index >= 15 is 0 Å². The number of halogens is 1. The molecule has 33 heavy (non-hydrogen) atoms. The van der Waals surface area contributed by atoms with Crippen LogP contribution in [0, 0.1) is 11.8 Å². The molecule has 0 bridgehead atoms. The zero-order chi connectivity index (χ0) is 24.4. The number of rotatable bonds is 13. The predicted octanol–water partition coefficient (Wildman–Crippen LogP) is 4.70. The highest BCUT2D eigenvalue weighted by Crippen LogP contribution is 2.18. The van der Waals surface area contributed by atoms with Crippen molar-refractivity contribution in [3.8, 4) is 0 Å². The van der Waals surface area contributed by atoms with E-state index in [1.165, 1.54) is 0 Å². The number of benzene rings is 1. The molecule has 2 rings (SSSR count). The lowest BCUT2D eigenvalue weighted by Gasteiger charge is -2.30. The van der Waals surface area contributed by atoms with Crippen LogP contribution < -0.4 is 0 Å². The average Bonchev–Trinajstić information content (AvgIpc) is 3.19. The zero-order valence-electron chi connectivity index (χ0n) is 20.6. The minimum atomic E-state index is -0.160. The lowest BCUT2D eigenvalue weighted by atomic mass is 10.1. The van der Waals surface area contributed by atoms with Gasteiger partial charge in [0, 0.05) is 56.2 Å². The second kappa shape index (κ2) is 13.4. The van der Waals surface area contributed by atoms with Gasteiger partial charge in [0.15, 0.2) is 0 Å². The zero-order valence-corrected chi connectivity index (χ0v) is 21.3. The highest BCUT2D eigenvalue weighted by atomic mass is 35.5. The number of hydrogen-bond acceptors (Lipinski definition) is 3. The van der Waals surface area contributed by atoms with E-state index in [1.807, 2.05) is 61.3 Å². The fraction of sp³-hybridized carbons (Fsp3) is 0.538. The van der Waals surface area contributed by atoms with Crippen molar-refractivity contribution in [3.05, 3.63) is 58.9 Å². The third kappa shape index (κ3) is 8.52. The fourth-order valence-electron chi connectivity index (χ4n) is 3.74. The standard InChI is InChI=1S/C26H38ClN3O3/c1-20(2)16-30(25(31)19-29(14-9-15-33-5)26(32)21(3)4)18-23-11-8-13-28(23)17-22-10-6-7-12-24(22)27/h6-8,10-13,20-21H,9,14-19H2,1-5H3. The van der Waals surface area contributed by atoms with Crippen molar-refractivity contribution in [2.75, 3.05) is 33.4 Å². The van der Waals surface area contributed by atoms with Gasteiger partial charge in [-0.3, -0.25) is 9.59 Å². The Morgan fingerprint density at radius 3 is 2.42 bits per heavy atom. The molecule has 0 aliphatic carbocycles. The minimum Gasteiger partial charge on any atom is -0.385 e. The van der Waals surface area contributed by atoms with E-state index in [4.69, 9.17) is 16.3 Å². The lowest BCUT2D eigenvalue weighted by Crippen LogP contribution is -2.45. The Morgan fingerprint density at radius 1 is 1.06 bits per heavy atom. The number of hydrogen-bond donors (Lipinski definition) is 0. The van der Waals surface area contributed by atoms with Crippen molar-refractivity contribution in [1.82, 2.24) is 14.4 Å². The number of aromatic nitrogens is 1. The Kier molecular flexibility index (Phi) is 10.9. The fourth-order valence-corrected chi connectivity index (χ4v) is 3.94. The molecule has 0 unspecified atom stereocenters. The molecule has 0 saturated heterocycles. The Morgan fingerprint density at radius 2 is 1.79 bits per heavy atom. The summed E-state index contributed by atoms with van der Waals surface area (Å²) in [6, 6.07) is 11.8. The van der Waals surface area contributed by atoms with Gasteiger partial charge in [-0.2, -0.15) is 0 Å². The average molecular weight is 476 g/mol. The molecule has 1 aromatic carbocycles. The van der Waals surface area contributed by atoms with E-state index in [9.17, 15) is 9.59 Å².